The lowest BCUT2D eigenvalue weighted by Crippen LogP contribution is -2.25. The number of nitriles is 1. The van der Waals surface area contributed by atoms with Crippen molar-refractivity contribution in [1.29, 1.82) is 5.26 Å². The minimum absolute atomic E-state index is 0.0406. The van der Waals surface area contributed by atoms with Crippen LogP contribution in [0.15, 0.2) is 39.4 Å². The summed E-state index contributed by atoms with van der Waals surface area (Å²) in [6, 6.07) is 5.63. The number of nitrogens with zero attached hydrogens (tertiary/aromatic N) is 1. The van der Waals surface area contributed by atoms with E-state index < -0.39 is 11.9 Å². The minimum Gasteiger partial charge on any atom is -0.490 e. The van der Waals surface area contributed by atoms with Gasteiger partial charge >= 0.3 is 5.97 Å². The summed E-state index contributed by atoms with van der Waals surface area (Å²) in [6.45, 7) is 8.48. The number of benzene rings is 1. The lowest BCUT2D eigenvalue weighted by molar-refractivity contribution is -0.139. The highest BCUT2D eigenvalue weighted by molar-refractivity contribution is 9.10. The van der Waals surface area contributed by atoms with Gasteiger partial charge in [0.2, 0.25) is 5.88 Å². The molecule has 0 spiro atoms. The van der Waals surface area contributed by atoms with Crippen molar-refractivity contribution in [2.24, 2.45) is 5.73 Å². The van der Waals surface area contributed by atoms with Gasteiger partial charge in [0.15, 0.2) is 11.5 Å². The molecule has 0 fully saturated rings. The molecule has 1 atom stereocenters. The number of hydrogen-bond donors (Lipinski definition) is 1. The molecular weight excluding hydrogens is 452 g/mol. The molecule has 1 aromatic rings. The molecule has 1 aromatic carbocycles. The lowest BCUT2D eigenvalue weighted by Gasteiger charge is -2.28. The second-order valence-electron chi connectivity index (χ2n) is 6.57. The van der Waals surface area contributed by atoms with E-state index in [2.05, 4.69) is 28.9 Å². The molecule has 0 saturated carbocycles. The van der Waals surface area contributed by atoms with Gasteiger partial charge in [-0.2, -0.15) is 5.26 Å². The largest absolute Gasteiger partial charge is 0.490 e. The van der Waals surface area contributed by atoms with Crippen molar-refractivity contribution >= 4 is 21.9 Å². The highest BCUT2D eigenvalue weighted by atomic mass is 79.9. The molecule has 1 unspecified atom stereocenters. The molecular formula is C22H27BrN2O5. The van der Waals surface area contributed by atoms with Crippen LogP contribution in [0.5, 0.6) is 11.5 Å². The zero-order chi connectivity index (χ0) is 22.3. The number of esters is 1. The molecule has 30 heavy (non-hydrogen) atoms. The van der Waals surface area contributed by atoms with Gasteiger partial charge in [0.1, 0.15) is 17.4 Å². The lowest BCUT2D eigenvalue weighted by atomic mass is 9.83. The molecule has 7 nitrogen and oxygen atoms in total. The van der Waals surface area contributed by atoms with Gasteiger partial charge in [-0.25, -0.2) is 4.79 Å². The summed E-state index contributed by atoms with van der Waals surface area (Å²) in [5.74, 6) is 0.0376. The molecule has 0 saturated heterocycles. The SMILES string of the molecule is CCCCOc1cc(Br)c(C2C(C#N)=C(N)OC(C)=C2C(=O)OCC)cc1OCC. The first-order valence-corrected chi connectivity index (χ1v) is 10.7. The Kier molecular flexibility index (Phi) is 8.60. The second-order valence-corrected chi connectivity index (χ2v) is 7.42. The maximum atomic E-state index is 12.7. The summed E-state index contributed by atoms with van der Waals surface area (Å²) < 4.78 is 23.0. The monoisotopic (exact) mass is 478 g/mol. The average Bonchev–Trinajstić information content (AvgIpc) is 2.69. The fourth-order valence-corrected chi connectivity index (χ4v) is 3.70. The van der Waals surface area contributed by atoms with Crippen LogP contribution in [-0.2, 0) is 14.3 Å². The number of unbranched alkanes of at least 4 members (excludes halogenated alkanes) is 1. The van der Waals surface area contributed by atoms with E-state index in [-0.39, 0.29) is 23.6 Å². The van der Waals surface area contributed by atoms with Crippen LogP contribution < -0.4 is 15.2 Å². The van der Waals surface area contributed by atoms with Gasteiger partial charge in [-0.15, -0.1) is 0 Å². The number of ether oxygens (including phenoxy) is 4. The molecule has 0 bridgehead atoms. The molecule has 0 radical (unpaired) electrons. The third kappa shape index (κ3) is 5.08. The van der Waals surface area contributed by atoms with Crippen molar-refractivity contribution in [3.8, 4) is 17.6 Å². The Morgan fingerprint density at radius 1 is 1.23 bits per heavy atom. The number of rotatable bonds is 9. The Balaban J connectivity index is 2.63. The van der Waals surface area contributed by atoms with E-state index in [0.717, 1.165) is 12.8 Å². The Labute approximate surface area is 185 Å². The first-order valence-electron chi connectivity index (χ1n) is 9.93. The number of allylic oxidation sites excluding steroid dienone is 2. The third-order valence-electron chi connectivity index (χ3n) is 4.53. The van der Waals surface area contributed by atoms with Gasteiger partial charge in [-0.3, -0.25) is 0 Å². The minimum atomic E-state index is -0.763. The quantitative estimate of drug-likeness (QED) is 0.405. The summed E-state index contributed by atoms with van der Waals surface area (Å²) in [6.07, 6.45) is 1.92. The van der Waals surface area contributed by atoms with Crippen LogP contribution in [0, 0.1) is 11.3 Å². The molecule has 0 aromatic heterocycles. The van der Waals surface area contributed by atoms with E-state index in [1.165, 1.54) is 0 Å². The van der Waals surface area contributed by atoms with Gasteiger partial charge in [-0.1, -0.05) is 29.3 Å². The Hall–Kier alpha value is -2.66. The van der Waals surface area contributed by atoms with Crippen LogP contribution in [0.3, 0.4) is 0 Å². The first-order chi connectivity index (χ1) is 14.4. The smallest absolute Gasteiger partial charge is 0.338 e. The van der Waals surface area contributed by atoms with Crippen LogP contribution in [0.4, 0.5) is 0 Å². The Morgan fingerprint density at radius 2 is 1.93 bits per heavy atom. The first kappa shape index (κ1) is 23.6. The van der Waals surface area contributed by atoms with E-state index in [4.69, 9.17) is 24.7 Å². The molecule has 2 N–H and O–H groups in total. The van der Waals surface area contributed by atoms with E-state index >= 15 is 0 Å². The topological polar surface area (TPSA) is 104 Å². The third-order valence-corrected chi connectivity index (χ3v) is 5.22. The van der Waals surface area contributed by atoms with Crippen molar-refractivity contribution < 1.29 is 23.7 Å². The summed E-state index contributed by atoms with van der Waals surface area (Å²) in [7, 11) is 0. The van der Waals surface area contributed by atoms with Gasteiger partial charge in [-0.05, 0) is 44.9 Å². The molecule has 0 aliphatic carbocycles. The van der Waals surface area contributed by atoms with Crippen LogP contribution in [-0.4, -0.2) is 25.8 Å². The van der Waals surface area contributed by atoms with Crippen molar-refractivity contribution in [3.05, 3.63) is 45.0 Å². The molecule has 8 heteroatoms. The van der Waals surface area contributed by atoms with Crippen LogP contribution in [0.25, 0.3) is 0 Å². The maximum absolute atomic E-state index is 12.7. The van der Waals surface area contributed by atoms with Gasteiger partial charge in [0, 0.05) is 4.47 Å². The summed E-state index contributed by atoms with van der Waals surface area (Å²) in [4.78, 5) is 12.7. The predicted octanol–water partition coefficient (Wildman–Crippen LogP) is 4.67. The predicted molar refractivity (Wildman–Crippen MR) is 116 cm³/mol. The van der Waals surface area contributed by atoms with Crippen molar-refractivity contribution in [3.63, 3.8) is 0 Å². The molecule has 2 rings (SSSR count). The summed E-state index contributed by atoms with van der Waals surface area (Å²) in [5, 5.41) is 9.76. The molecule has 0 amide bonds. The van der Waals surface area contributed by atoms with Crippen LogP contribution >= 0.6 is 15.9 Å². The highest BCUT2D eigenvalue weighted by Gasteiger charge is 2.37. The standard InChI is InChI=1S/C22H27BrN2O5/c1-5-8-9-29-18-11-16(23)14(10-17(18)27-6-2)20-15(12-24)21(25)30-13(4)19(20)22(26)28-7-3/h10-11,20H,5-9,25H2,1-4H3. The number of carbonyl (C=O) groups is 1. The number of halogens is 1. The zero-order valence-electron chi connectivity index (χ0n) is 17.7. The van der Waals surface area contributed by atoms with E-state index in [1.54, 1.807) is 26.0 Å². The summed E-state index contributed by atoms with van der Waals surface area (Å²) >= 11 is 3.57. The molecule has 1 heterocycles. The van der Waals surface area contributed by atoms with Crippen molar-refractivity contribution in [1.82, 2.24) is 0 Å². The number of carbonyl (C=O) groups excluding carboxylic acids is 1. The van der Waals surface area contributed by atoms with Gasteiger partial charge in [0.05, 0.1) is 31.3 Å². The highest BCUT2D eigenvalue weighted by Crippen LogP contribution is 2.45. The van der Waals surface area contributed by atoms with E-state index in [9.17, 15) is 10.1 Å². The van der Waals surface area contributed by atoms with Gasteiger partial charge < -0.3 is 24.7 Å². The molecule has 162 valence electrons. The zero-order valence-corrected chi connectivity index (χ0v) is 19.3. The Bertz CT molecular complexity index is 902. The van der Waals surface area contributed by atoms with Crippen LogP contribution in [0.2, 0.25) is 0 Å². The van der Waals surface area contributed by atoms with Crippen molar-refractivity contribution in [2.75, 3.05) is 19.8 Å². The number of nitrogens with two attached hydrogens (primary N) is 1. The van der Waals surface area contributed by atoms with E-state index in [1.807, 2.05) is 6.92 Å². The average molecular weight is 479 g/mol. The fourth-order valence-electron chi connectivity index (χ4n) is 3.15. The number of hydrogen-bond acceptors (Lipinski definition) is 7. The fraction of sp³-hybridized carbons (Fsp3) is 0.455. The van der Waals surface area contributed by atoms with E-state index in [0.29, 0.717) is 40.5 Å². The van der Waals surface area contributed by atoms with Crippen LogP contribution in [0.1, 0.15) is 52.0 Å². The second kappa shape index (κ2) is 10.9. The maximum Gasteiger partial charge on any atom is 0.338 e. The molecule has 1 aliphatic heterocycles. The van der Waals surface area contributed by atoms with Gasteiger partial charge in [0.25, 0.3) is 0 Å². The normalized spacial score (nSPS) is 16.1. The molecule has 1 aliphatic rings. The Morgan fingerprint density at radius 3 is 2.53 bits per heavy atom. The summed E-state index contributed by atoms with van der Waals surface area (Å²) in [5.41, 5.74) is 6.97. The van der Waals surface area contributed by atoms with Crippen molar-refractivity contribution in [2.45, 2.75) is 46.5 Å².